The number of anilines is 1. The van der Waals surface area contributed by atoms with E-state index >= 15 is 0 Å². The summed E-state index contributed by atoms with van der Waals surface area (Å²) in [7, 11) is 4.00. The first-order chi connectivity index (χ1) is 20.0. The Balaban J connectivity index is 1.24. The van der Waals surface area contributed by atoms with E-state index in [4.69, 9.17) is 4.98 Å². The molecule has 206 valence electrons. The van der Waals surface area contributed by atoms with Gasteiger partial charge in [0.1, 0.15) is 11.9 Å². The quantitative estimate of drug-likeness (QED) is 0.276. The fourth-order valence-electron chi connectivity index (χ4n) is 5.47. The molecule has 10 nitrogen and oxygen atoms in total. The summed E-state index contributed by atoms with van der Waals surface area (Å²) in [6, 6.07) is 18.7. The van der Waals surface area contributed by atoms with Gasteiger partial charge in [-0.15, -0.1) is 0 Å². The number of pyridine rings is 2. The number of benzene rings is 1. The summed E-state index contributed by atoms with van der Waals surface area (Å²) >= 11 is 0. The molecule has 41 heavy (non-hydrogen) atoms. The Bertz CT molecular complexity index is 1700. The minimum Gasteiger partial charge on any atom is -0.354 e. The van der Waals surface area contributed by atoms with Crippen LogP contribution in [0, 0.1) is 11.3 Å². The maximum atomic E-state index is 11.9. The fourth-order valence-corrected chi connectivity index (χ4v) is 5.47. The summed E-state index contributed by atoms with van der Waals surface area (Å²) in [5, 5.41) is 18.5. The lowest BCUT2D eigenvalue weighted by molar-refractivity contribution is -0.119. The molecule has 1 aliphatic rings. The van der Waals surface area contributed by atoms with Crippen molar-refractivity contribution in [2.24, 2.45) is 7.05 Å². The van der Waals surface area contributed by atoms with Gasteiger partial charge < -0.3 is 9.80 Å². The second kappa shape index (κ2) is 11.2. The molecule has 1 aliphatic heterocycles. The lowest BCUT2D eigenvalue weighted by Crippen LogP contribution is -2.55. The molecule has 5 aromatic rings. The molecule has 1 aromatic carbocycles. The predicted octanol–water partition coefficient (Wildman–Crippen LogP) is 3.45. The number of nitrogens with zero attached hydrogens (tertiary/aromatic N) is 9. The van der Waals surface area contributed by atoms with Crippen molar-refractivity contribution >= 4 is 17.7 Å². The third kappa shape index (κ3) is 5.40. The number of aryl methyl sites for hydroxylation is 1. The fraction of sp³-hybridized carbons (Fsp3) is 0.258. The minimum absolute atomic E-state index is 0.180. The Kier molecular flexibility index (Phi) is 7.18. The largest absolute Gasteiger partial charge is 0.354 e. The van der Waals surface area contributed by atoms with Gasteiger partial charge in [-0.05, 0) is 30.8 Å². The molecule has 1 unspecified atom stereocenters. The van der Waals surface area contributed by atoms with E-state index in [2.05, 4.69) is 45.2 Å². The molecule has 6 rings (SSSR count). The van der Waals surface area contributed by atoms with Crippen LogP contribution in [-0.4, -0.2) is 79.9 Å². The smallest absolute Gasteiger partial charge is 0.210 e. The highest BCUT2D eigenvalue weighted by molar-refractivity contribution is 5.87. The number of likely N-dealkylation sites (N-methyl/N-ethyl adjacent to an activating group) is 1. The molecular formula is C31H31N9O. The Morgan fingerprint density at radius 2 is 1.85 bits per heavy atom. The average molecular weight is 546 g/mol. The summed E-state index contributed by atoms with van der Waals surface area (Å²) in [4.78, 5) is 23.2. The third-order valence-electron chi connectivity index (χ3n) is 7.75. The molecule has 0 N–H and O–H groups in total. The number of aromatic nitrogens is 5. The van der Waals surface area contributed by atoms with Crippen LogP contribution in [0.4, 0.5) is 5.82 Å². The molecule has 1 fully saturated rings. The number of fused-ring (bicyclic) bond motifs is 1. The van der Waals surface area contributed by atoms with Crippen molar-refractivity contribution in [3.8, 4) is 28.3 Å². The number of nitriles is 1. The summed E-state index contributed by atoms with van der Waals surface area (Å²) in [6.45, 7) is 3.72. The standard InChI is InChI=1S/C31H31N9O/c1-36-10-11-39(21-28(36)20-38(22-41)17-23-6-4-3-5-7-23)30-9-8-24(14-33-30)29-12-25(27-16-34-37(2)18-27)19-40-31(29)26(13-32)15-35-40/h3-9,12,14-16,18-19,22,28H,10-11,17,20-21H2,1-2H3. The molecule has 0 bridgehead atoms. The van der Waals surface area contributed by atoms with Crippen LogP contribution in [0.2, 0.25) is 0 Å². The van der Waals surface area contributed by atoms with E-state index in [1.54, 1.807) is 15.4 Å². The number of hydrogen-bond acceptors (Lipinski definition) is 7. The Morgan fingerprint density at radius 3 is 2.56 bits per heavy atom. The molecular weight excluding hydrogens is 514 g/mol. The predicted molar refractivity (Wildman–Crippen MR) is 157 cm³/mol. The van der Waals surface area contributed by atoms with Crippen LogP contribution in [0.25, 0.3) is 27.8 Å². The van der Waals surface area contributed by atoms with Gasteiger partial charge in [-0.25, -0.2) is 9.50 Å². The van der Waals surface area contributed by atoms with E-state index < -0.39 is 0 Å². The number of hydrogen-bond donors (Lipinski definition) is 0. The van der Waals surface area contributed by atoms with Crippen LogP contribution in [0.3, 0.4) is 0 Å². The van der Waals surface area contributed by atoms with Gasteiger partial charge in [0.2, 0.25) is 6.41 Å². The molecule has 0 aliphatic carbocycles. The van der Waals surface area contributed by atoms with Crippen LogP contribution >= 0.6 is 0 Å². The van der Waals surface area contributed by atoms with Gasteiger partial charge in [0.15, 0.2) is 0 Å². The summed E-state index contributed by atoms with van der Waals surface area (Å²) in [6.07, 6.45) is 10.1. The molecule has 0 spiro atoms. The van der Waals surface area contributed by atoms with Crippen molar-refractivity contribution in [2.45, 2.75) is 12.6 Å². The lowest BCUT2D eigenvalue weighted by Gasteiger charge is -2.41. The maximum Gasteiger partial charge on any atom is 0.210 e. The lowest BCUT2D eigenvalue weighted by atomic mass is 10.0. The molecule has 1 atom stereocenters. The van der Waals surface area contributed by atoms with Crippen LogP contribution in [0.1, 0.15) is 11.1 Å². The van der Waals surface area contributed by atoms with Crippen molar-refractivity contribution in [1.29, 1.82) is 5.26 Å². The first-order valence-corrected chi connectivity index (χ1v) is 13.6. The highest BCUT2D eigenvalue weighted by atomic mass is 16.1. The second-order valence-electron chi connectivity index (χ2n) is 10.5. The third-order valence-corrected chi connectivity index (χ3v) is 7.75. The van der Waals surface area contributed by atoms with E-state index in [1.807, 2.05) is 73.1 Å². The van der Waals surface area contributed by atoms with E-state index in [0.29, 0.717) is 18.7 Å². The molecule has 10 heteroatoms. The highest BCUT2D eigenvalue weighted by Crippen LogP contribution is 2.32. The van der Waals surface area contributed by atoms with Gasteiger partial charge >= 0.3 is 0 Å². The van der Waals surface area contributed by atoms with Crippen molar-refractivity contribution in [3.63, 3.8) is 0 Å². The van der Waals surface area contributed by atoms with Gasteiger partial charge in [-0.3, -0.25) is 14.4 Å². The van der Waals surface area contributed by atoms with Gasteiger partial charge in [0, 0.05) is 86.7 Å². The first-order valence-electron chi connectivity index (χ1n) is 13.6. The topological polar surface area (TPSA) is 98.6 Å². The normalized spacial score (nSPS) is 15.6. The zero-order chi connectivity index (χ0) is 28.3. The summed E-state index contributed by atoms with van der Waals surface area (Å²) < 4.78 is 3.52. The van der Waals surface area contributed by atoms with E-state index in [9.17, 15) is 10.1 Å². The van der Waals surface area contributed by atoms with Crippen molar-refractivity contribution < 1.29 is 4.79 Å². The number of carbonyl (C=O) groups excluding carboxylic acids is 1. The number of amides is 1. The maximum absolute atomic E-state index is 11.9. The zero-order valence-electron chi connectivity index (χ0n) is 23.1. The van der Waals surface area contributed by atoms with Crippen LogP contribution in [-0.2, 0) is 18.4 Å². The summed E-state index contributed by atoms with van der Waals surface area (Å²) in [5.41, 5.74) is 6.09. The molecule has 1 saturated heterocycles. The molecule has 5 heterocycles. The molecule has 1 amide bonds. The van der Waals surface area contributed by atoms with Crippen molar-refractivity contribution in [3.05, 3.63) is 90.6 Å². The number of piperazine rings is 1. The van der Waals surface area contributed by atoms with Gasteiger partial charge in [-0.2, -0.15) is 15.5 Å². The van der Waals surface area contributed by atoms with Crippen molar-refractivity contribution in [2.75, 3.05) is 38.1 Å². The van der Waals surface area contributed by atoms with Crippen LogP contribution in [0.15, 0.2) is 79.5 Å². The zero-order valence-corrected chi connectivity index (χ0v) is 23.1. The Hall–Kier alpha value is -5.01. The first kappa shape index (κ1) is 26.2. The second-order valence-corrected chi connectivity index (χ2v) is 10.5. The average Bonchev–Trinajstić information content (AvgIpc) is 3.64. The monoisotopic (exact) mass is 545 g/mol. The van der Waals surface area contributed by atoms with Gasteiger partial charge in [0.25, 0.3) is 0 Å². The van der Waals surface area contributed by atoms with E-state index in [0.717, 1.165) is 65.2 Å². The van der Waals surface area contributed by atoms with Crippen molar-refractivity contribution in [1.82, 2.24) is 34.2 Å². The van der Waals surface area contributed by atoms with Crippen LogP contribution in [0.5, 0.6) is 0 Å². The molecule has 0 saturated carbocycles. The highest BCUT2D eigenvalue weighted by Gasteiger charge is 2.27. The molecule has 0 radical (unpaired) electrons. The van der Waals surface area contributed by atoms with Gasteiger partial charge in [-0.1, -0.05) is 30.3 Å². The molecule has 4 aromatic heterocycles. The number of rotatable bonds is 8. The van der Waals surface area contributed by atoms with E-state index in [-0.39, 0.29) is 6.04 Å². The van der Waals surface area contributed by atoms with E-state index in [1.165, 1.54) is 0 Å². The van der Waals surface area contributed by atoms with Crippen LogP contribution < -0.4 is 4.90 Å². The summed E-state index contributed by atoms with van der Waals surface area (Å²) in [5.74, 6) is 0.890. The Morgan fingerprint density at radius 1 is 1.00 bits per heavy atom. The number of carbonyl (C=O) groups is 1. The Labute approximate surface area is 238 Å². The minimum atomic E-state index is 0.180. The van der Waals surface area contributed by atoms with Gasteiger partial charge in [0.05, 0.1) is 23.5 Å². The SMILES string of the molecule is CN1CCN(c2ccc(-c3cc(-c4cnn(C)c4)cn4ncc(C#N)c34)cn2)CC1CN(C=O)Cc1ccccc1.